The molecule has 8 heteroatoms. The highest BCUT2D eigenvalue weighted by molar-refractivity contribution is 6.30. The van der Waals surface area contributed by atoms with Crippen molar-refractivity contribution in [2.45, 2.75) is 13.8 Å². The van der Waals surface area contributed by atoms with Gasteiger partial charge in [-0.3, -0.25) is 9.48 Å². The number of aromatic nitrogens is 2. The van der Waals surface area contributed by atoms with Gasteiger partial charge in [0.2, 0.25) is 0 Å². The summed E-state index contributed by atoms with van der Waals surface area (Å²) >= 11 is 5.75. The number of hydrogen-bond acceptors (Lipinski definition) is 5. The van der Waals surface area contributed by atoms with E-state index in [1.165, 1.54) is 0 Å². The average Bonchev–Trinajstić information content (AvgIpc) is 2.78. The number of nitrogens with zero attached hydrogens (tertiary/aromatic N) is 2. The van der Waals surface area contributed by atoms with Gasteiger partial charge < -0.3 is 14.8 Å². The van der Waals surface area contributed by atoms with Gasteiger partial charge >= 0.3 is 5.97 Å². The second-order valence-electron chi connectivity index (χ2n) is 5.12. The van der Waals surface area contributed by atoms with Crippen LogP contribution in [0.3, 0.4) is 0 Å². The number of rotatable bonds is 6. The largest absolute Gasteiger partial charge is 0.482 e. The van der Waals surface area contributed by atoms with Gasteiger partial charge in [0.1, 0.15) is 5.75 Å². The maximum Gasteiger partial charge on any atom is 0.344 e. The van der Waals surface area contributed by atoms with Gasteiger partial charge in [-0.05, 0) is 38.1 Å². The molecule has 2 aromatic rings. The molecular formula is C16H18ClN3O4. The van der Waals surface area contributed by atoms with E-state index in [4.69, 9.17) is 21.1 Å². The molecule has 0 aliphatic heterocycles. The molecule has 1 amide bonds. The molecule has 0 spiro atoms. The second-order valence-corrected chi connectivity index (χ2v) is 5.56. The van der Waals surface area contributed by atoms with Crippen molar-refractivity contribution < 1.29 is 19.1 Å². The van der Waals surface area contributed by atoms with Crippen molar-refractivity contribution in [3.63, 3.8) is 0 Å². The fourth-order valence-electron chi connectivity index (χ4n) is 1.99. The molecule has 1 aromatic heterocycles. The molecule has 0 saturated carbocycles. The lowest BCUT2D eigenvalue weighted by Gasteiger charge is -2.08. The van der Waals surface area contributed by atoms with Gasteiger partial charge in [-0.25, -0.2) is 4.79 Å². The topological polar surface area (TPSA) is 82.5 Å². The molecule has 2 rings (SSSR count). The normalized spacial score (nSPS) is 10.3. The first-order valence-corrected chi connectivity index (χ1v) is 7.58. The number of carbonyl (C=O) groups is 2. The van der Waals surface area contributed by atoms with Crippen molar-refractivity contribution in [3.05, 3.63) is 40.7 Å². The Morgan fingerprint density at radius 1 is 1.21 bits per heavy atom. The Bertz CT molecular complexity index is 741. The van der Waals surface area contributed by atoms with Crippen LogP contribution in [-0.4, -0.2) is 34.9 Å². The SMILES string of the molecule is Cc1nn(C)c(C)c1NC(=O)COC(=O)COc1ccc(Cl)cc1. The van der Waals surface area contributed by atoms with Crippen LogP contribution >= 0.6 is 11.6 Å². The quantitative estimate of drug-likeness (QED) is 0.807. The van der Waals surface area contributed by atoms with Gasteiger partial charge in [-0.2, -0.15) is 5.10 Å². The number of anilines is 1. The number of aryl methyl sites for hydroxylation is 2. The third kappa shape index (κ3) is 4.73. The summed E-state index contributed by atoms with van der Waals surface area (Å²) in [5.41, 5.74) is 2.13. The molecule has 0 bridgehead atoms. The summed E-state index contributed by atoms with van der Waals surface area (Å²) in [6, 6.07) is 6.56. The fourth-order valence-corrected chi connectivity index (χ4v) is 2.12. The average molecular weight is 352 g/mol. The molecule has 0 radical (unpaired) electrons. The Morgan fingerprint density at radius 3 is 2.46 bits per heavy atom. The maximum atomic E-state index is 11.9. The summed E-state index contributed by atoms with van der Waals surface area (Å²) in [4.78, 5) is 23.5. The molecule has 0 fully saturated rings. The molecule has 0 atom stereocenters. The van der Waals surface area contributed by atoms with Gasteiger partial charge in [0.15, 0.2) is 13.2 Å². The van der Waals surface area contributed by atoms with Crippen LogP contribution in [0, 0.1) is 13.8 Å². The van der Waals surface area contributed by atoms with Crippen LogP contribution < -0.4 is 10.1 Å². The van der Waals surface area contributed by atoms with Gasteiger partial charge in [-0.1, -0.05) is 11.6 Å². The van der Waals surface area contributed by atoms with E-state index in [0.29, 0.717) is 22.2 Å². The predicted octanol–water partition coefficient (Wildman–Crippen LogP) is 2.25. The van der Waals surface area contributed by atoms with E-state index in [1.54, 1.807) is 42.9 Å². The van der Waals surface area contributed by atoms with E-state index in [0.717, 1.165) is 5.69 Å². The summed E-state index contributed by atoms with van der Waals surface area (Å²) in [5, 5.41) is 7.44. The van der Waals surface area contributed by atoms with Crippen molar-refractivity contribution in [1.29, 1.82) is 0 Å². The minimum absolute atomic E-state index is 0.292. The standard InChI is InChI=1S/C16H18ClN3O4/c1-10-16(11(2)20(3)19-10)18-14(21)8-24-15(22)9-23-13-6-4-12(17)5-7-13/h4-7H,8-9H2,1-3H3,(H,18,21). The molecule has 0 aliphatic rings. The zero-order chi connectivity index (χ0) is 17.7. The maximum absolute atomic E-state index is 11.9. The highest BCUT2D eigenvalue weighted by Gasteiger charge is 2.14. The van der Waals surface area contributed by atoms with E-state index in [-0.39, 0.29) is 6.61 Å². The third-order valence-electron chi connectivity index (χ3n) is 3.31. The van der Waals surface area contributed by atoms with Gasteiger partial charge in [0.25, 0.3) is 5.91 Å². The molecule has 1 N–H and O–H groups in total. The van der Waals surface area contributed by atoms with Crippen LogP contribution in [0.1, 0.15) is 11.4 Å². The smallest absolute Gasteiger partial charge is 0.344 e. The van der Waals surface area contributed by atoms with Crippen molar-refractivity contribution >= 4 is 29.2 Å². The van der Waals surface area contributed by atoms with E-state index in [2.05, 4.69) is 10.4 Å². The van der Waals surface area contributed by atoms with Crippen LogP contribution in [0.2, 0.25) is 5.02 Å². The first-order chi connectivity index (χ1) is 11.4. The zero-order valence-electron chi connectivity index (χ0n) is 13.6. The summed E-state index contributed by atoms with van der Waals surface area (Å²) in [6.07, 6.45) is 0. The number of ether oxygens (including phenoxy) is 2. The van der Waals surface area contributed by atoms with Gasteiger partial charge in [-0.15, -0.1) is 0 Å². The van der Waals surface area contributed by atoms with Gasteiger partial charge in [0.05, 0.1) is 17.1 Å². The summed E-state index contributed by atoms with van der Waals surface area (Å²) in [6.45, 7) is 2.94. The molecule has 0 unspecified atom stereocenters. The van der Waals surface area contributed by atoms with Crippen LogP contribution in [0.15, 0.2) is 24.3 Å². The number of hydrogen-bond donors (Lipinski definition) is 1. The van der Waals surface area contributed by atoms with Gasteiger partial charge in [0, 0.05) is 12.1 Å². The molecule has 24 heavy (non-hydrogen) atoms. The molecule has 0 aliphatic carbocycles. The second kappa shape index (κ2) is 7.83. The van der Waals surface area contributed by atoms with Crippen molar-refractivity contribution in [1.82, 2.24) is 9.78 Å². The lowest BCUT2D eigenvalue weighted by atomic mass is 10.3. The lowest BCUT2D eigenvalue weighted by Crippen LogP contribution is -2.24. The Kier molecular flexibility index (Phi) is 5.81. The first-order valence-electron chi connectivity index (χ1n) is 7.21. The third-order valence-corrected chi connectivity index (χ3v) is 3.56. The number of benzene rings is 1. The Labute approximate surface area is 144 Å². The number of amides is 1. The molecule has 128 valence electrons. The van der Waals surface area contributed by atoms with E-state index in [9.17, 15) is 9.59 Å². The Balaban J connectivity index is 1.76. The highest BCUT2D eigenvalue weighted by Crippen LogP contribution is 2.18. The molecule has 7 nitrogen and oxygen atoms in total. The highest BCUT2D eigenvalue weighted by atomic mass is 35.5. The number of carbonyl (C=O) groups excluding carboxylic acids is 2. The summed E-state index contributed by atoms with van der Waals surface area (Å²) in [5.74, 6) is -0.587. The van der Waals surface area contributed by atoms with Crippen molar-refractivity contribution in [3.8, 4) is 5.75 Å². The number of nitrogens with one attached hydrogen (secondary N) is 1. The van der Waals surface area contributed by atoms with Crippen LogP contribution in [0.5, 0.6) is 5.75 Å². The van der Waals surface area contributed by atoms with E-state index in [1.807, 2.05) is 6.92 Å². The van der Waals surface area contributed by atoms with E-state index < -0.39 is 18.5 Å². The molecule has 0 saturated heterocycles. The Morgan fingerprint density at radius 2 is 1.88 bits per heavy atom. The van der Waals surface area contributed by atoms with E-state index >= 15 is 0 Å². The zero-order valence-corrected chi connectivity index (χ0v) is 14.4. The first kappa shape index (κ1) is 17.8. The van der Waals surface area contributed by atoms with Crippen LogP contribution in [0.25, 0.3) is 0 Å². The fraction of sp³-hybridized carbons (Fsp3) is 0.312. The van der Waals surface area contributed by atoms with Crippen LogP contribution in [-0.2, 0) is 21.4 Å². The summed E-state index contributed by atoms with van der Waals surface area (Å²) in [7, 11) is 1.78. The number of halogens is 1. The lowest BCUT2D eigenvalue weighted by molar-refractivity contribution is -0.149. The minimum Gasteiger partial charge on any atom is -0.482 e. The monoisotopic (exact) mass is 351 g/mol. The minimum atomic E-state index is -0.639. The predicted molar refractivity (Wildman–Crippen MR) is 89.2 cm³/mol. The van der Waals surface area contributed by atoms with Crippen molar-refractivity contribution in [2.75, 3.05) is 18.5 Å². The number of esters is 1. The Hall–Kier alpha value is -2.54. The molecule has 1 aromatic carbocycles. The van der Waals surface area contributed by atoms with Crippen molar-refractivity contribution in [2.24, 2.45) is 7.05 Å². The summed E-state index contributed by atoms with van der Waals surface area (Å²) < 4.78 is 11.8. The van der Waals surface area contributed by atoms with Crippen LogP contribution in [0.4, 0.5) is 5.69 Å². The molecular weight excluding hydrogens is 334 g/mol. The molecule has 1 heterocycles.